The van der Waals surface area contributed by atoms with E-state index in [-0.39, 0.29) is 12.3 Å². The van der Waals surface area contributed by atoms with Crippen LogP contribution in [-0.4, -0.2) is 12.3 Å². The van der Waals surface area contributed by atoms with E-state index in [0.29, 0.717) is 16.3 Å². The Kier molecular flexibility index (Phi) is 3.55. The molecule has 0 spiro atoms. The van der Waals surface area contributed by atoms with E-state index < -0.39 is 0 Å². The SMILES string of the molecule is Cc1cc(C(=O)CN=[N+]=[N-])c(N)cc1Cl. The summed E-state index contributed by atoms with van der Waals surface area (Å²) in [5.74, 6) is -0.315. The van der Waals surface area contributed by atoms with Gasteiger partial charge in [0.15, 0.2) is 5.78 Å². The maximum Gasteiger partial charge on any atom is 0.170 e. The van der Waals surface area contributed by atoms with E-state index in [4.69, 9.17) is 22.9 Å². The minimum atomic E-state index is -0.315. The van der Waals surface area contributed by atoms with Crippen molar-refractivity contribution in [2.75, 3.05) is 12.3 Å². The highest BCUT2D eigenvalue weighted by atomic mass is 35.5. The lowest BCUT2D eigenvalue weighted by atomic mass is 10.1. The van der Waals surface area contributed by atoms with E-state index in [9.17, 15) is 4.79 Å². The molecule has 0 fully saturated rings. The second kappa shape index (κ2) is 4.68. The fourth-order valence-electron chi connectivity index (χ4n) is 1.12. The summed E-state index contributed by atoms with van der Waals surface area (Å²) in [6, 6.07) is 3.10. The number of anilines is 1. The van der Waals surface area contributed by atoms with Crippen LogP contribution in [0.1, 0.15) is 15.9 Å². The molecule has 0 radical (unpaired) electrons. The number of carbonyl (C=O) groups is 1. The Balaban J connectivity index is 3.09. The number of hydrogen-bond donors (Lipinski definition) is 1. The molecule has 0 heterocycles. The molecule has 5 nitrogen and oxygen atoms in total. The van der Waals surface area contributed by atoms with Crippen LogP contribution in [-0.2, 0) is 0 Å². The zero-order chi connectivity index (χ0) is 11.4. The number of Topliss-reactive ketones (excluding diaryl/α,β-unsaturated/α-hetero) is 1. The molecule has 2 N–H and O–H groups in total. The van der Waals surface area contributed by atoms with E-state index in [1.165, 1.54) is 6.07 Å². The van der Waals surface area contributed by atoms with Crippen LogP contribution < -0.4 is 5.73 Å². The Morgan fingerprint density at radius 2 is 2.33 bits per heavy atom. The van der Waals surface area contributed by atoms with Crippen molar-refractivity contribution in [3.8, 4) is 0 Å². The third kappa shape index (κ3) is 2.62. The summed E-state index contributed by atoms with van der Waals surface area (Å²) >= 11 is 5.82. The van der Waals surface area contributed by atoms with Crippen molar-refractivity contribution in [2.45, 2.75) is 6.92 Å². The number of benzene rings is 1. The number of halogens is 1. The molecule has 0 aliphatic rings. The number of carbonyl (C=O) groups excluding carboxylic acids is 1. The van der Waals surface area contributed by atoms with Crippen molar-refractivity contribution in [1.82, 2.24) is 0 Å². The van der Waals surface area contributed by atoms with Crippen LogP contribution in [0.2, 0.25) is 5.02 Å². The minimum Gasteiger partial charge on any atom is -0.398 e. The van der Waals surface area contributed by atoms with E-state index in [0.717, 1.165) is 5.56 Å². The van der Waals surface area contributed by atoms with Gasteiger partial charge in [0.05, 0.1) is 6.54 Å². The molecule has 0 saturated carbocycles. The molecule has 0 aromatic heterocycles. The zero-order valence-corrected chi connectivity index (χ0v) is 8.82. The van der Waals surface area contributed by atoms with Crippen LogP contribution in [0.5, 0.6) is 0 Å². The molecule has 1 aromatic carbocycles. The second-order valence-electron chi connectivity index (χ2n) is 3.00. The molecule has 0 amide bonds. The Morgan fingerprint density at radius 3 is 2.93 bits per heavy atom. The number of nitrogens with two attached hydrogens (primary N) is 1. The van der Waals surface area contributed by atoms with Gasteiger partial charge in [-0.1, -0.05) is 16.7 Å². The standard InChI is InChI=1S/C9H9ClN4O/c1-5-2-6(8(11)3-7(5)10)9(15)4-13-14-12/h2-3H,4,11H2,1H3. The number of nitrogens with zero attached hydrogens (tertiary/aromatic N) is 3. The van der Waals surface area contributed by atoms with Gasteiger partial charge in [0.25, 0.3) is 0 Å². The number of aryl methyl sites for hydroxylation is 1. The summed E-state index contributed by atoms with van der Waals surface area (Å²) in [4.78, 5) is 14.0. The normalized spacial score (nSPS) is 9.47. The van der Waals surface area contributed by atoms with Crippen molar-refractivity contribution in [1.29, 1.82) is 0 Å². The Bertz CT molecular complexity index is 452. The first-order valence-corrected chi connectivity index (χ1v) is 4.53. The fraction of sp³-hybridized carbons (Fsp3) is 0.222. The number of hydrogen-bond acceptors (Lipinski definition) is 3. The van der Waals surface area contributed by atoms with Crippen molar-refractivity contribution in [2.24, 2.45) is 5.11 Å². The molecule has 0 atom stereocenters. The summed E-state index contributed by atoms with van der Waals surface area (Å²) in [6.45, 7) is 1.54. The number of nitrogen functional groups attached to an aromatic ring is 1. The van der Waals surface area contributed by atoms with Crippen LogP contribution >= 0.6 is 11.6 Å². The van der Waals surface area contributed by atoms with Gasteiger partial charge in [-0.2, -0.15) is 0 Å². The predicted molar refractivity (Wildman–Crippen MR) is 58.9 cm³/mol. The summed E-state index contributed by atoms with van der Waals surface area (Å²) in [5.41, 5.74) is 15.1. The van der Waals surface area contributed by atoms with Gasteiger partial charge in [-0.05, 0) is 30.2 Å². The van der Waals surface area contributed by atoms with E-state index in [1.54, 1.807) is 13.0 Å². The Labute approximate surface area is 91.5 Å². The van der Waals surface area contributed by atoms with Gasteiger partial charge in [-0.15, -0.1) is 0 Å². The second-order valence-corrected chi connectivity index (χ2v) is 3.41. The highest BCUT2D eigenvalue weighted by Crippen LogP contribution is 2.23. The molecule has 15 heavy (non-hydrogen) atoms. The molecule has 0 aliphatic heterocycles. The molecular formula is C9H9ClN4O. The number of azide groups is 1. The maximum atomic E-state index is 11.5. The van der Waals surface area contributed by atoms with E-state index >= 15 is 0 Å². The van der Waals surface area contributed by atoms with Crippen molar-refractivity contribution < 1.29 is 4.79 Å². The van der Waals surface area contributed by atoms with Gasteiger partial charge in [0, 0.05) is 21.2 Å². The Hall–Kier alpha value is -1.71. The van der Waals surface area contributed by atoms with Gasteiger partial charge >= 0.3 is 0 Å². The average molecular weight is 225 g/mol. The first kappa shape index (κ1) is 11.4. The molecular weight excluding hydrogens is 216 g/mol. The molecule has 78 valence electrons. The van der Waals surface area contributed by atoms with Gasteiger partial charge in [0.2, 0.25) is 0 Å². The fourth-order valence-corrected chi connectivity index (χ4v) is 1.29. The quantitative estimate of drug-likeness (QED) is 0.281. The lowest BCUT2D eigenvalue weighted by Gasteiger charge is -2.05. The maximum absolute atomic E-state index is 11.5. The first-order chi connectivity index (χ1) is 7.06. The number of ketones is 1. The third-order valence-electron chi connectivity index (χ3n) is 1.91. The molecule has 6 heteroatoms. The summed E-state index contributed by atoms with van der Waals surface area (Å²) in [7, 11) is 0. The Morgan fingerprint density at radius 1 is 1.67 bits per heavy atom. The van der Waals surface area contributed by atoms with Crippen LogP contribution in [0, 0.1) is 6.92 Å². The number of rotatable bonds is 3. The van der Waals surface area contributed by atoms with Gasteiger partial charge in [-0.3, -0.25) is 4.79 Å². The smallest absolute Gasteiger partial charge is 0.170 e. The summed E-state index contributed by atoms with van der Waals surface area (Å²) < 4.78 is 0. The monoisotopic (exact) mass is 224 g/mol. The van der Waals surface area contributed by atoms with E-state index in [2.05, 4.69) is 10.0 Å². The highest BCUT2D eigenvalue weighted by Gasteiger charge is 2.10. The van der Waals surface area contributed by atoms with Crippen LogP contribution in [0.3, 0.4) is 0 Å². The molecule has 1 rings (SSSR count). The lowest BCUT2D eigenvalue weighted by molar-refractivity contribution is 0.100. The molecule has 0 bridgehead atoms. The largest absolute Gasteiger partial charge is 0.398 e. The topological polar surface area (TPSA) is 91.8 Å². The van der Waals surface area contributed by atoms with Crippen molar-refractivity contribution in [3.05, 3.63) is 38.7 Å². The molecule has 0 aliphatic carbocycles. The molecule has 1 aromatic rings. The van der Waals surface area contributed by atoms with Gasteiger partial charge < -0.3 is 5.73 Å². The van der Waals surface area contributed by atoms with Gasteiger partial charge in [-0.25, -0.2) is 0 Å². The molecule has 0 unspecified atom stereocenters. The van der Waals surface area contributed by atoms with Crippen LogP contribution in [0.25, 0.3) is 10.4 Å². The van der Waals surface area contributed by atoms with Gasteiger partial charge in [0.1, 0.15) is 0 Å². The zero-order valence-electron chi connectivity index (χ0n) is 8.07. The first-order valence-electron chi connectivity index (χ1n) is 4.16. The summed E-state index contributed by atoms with van der Waals surface area (Å²) in [5, 5.41) is 3.69. The van der Waals surface area contributed by atoms with Crippen molar-refractivity contribution in [3.63, 3.8) is 0 Å². The predicted octanol–water partition coefficient (Wildman–Crippen LogP) is 2.72. The minimum absolute atomic E-state index is 0.234. The molecule has 0 saturated heterocycles. The highest BCUT2D eigenvalue weighted by molar-refractivity contribution is 6.31. The average Bonchev–Trinajstić information content (AvgIpc) is 2.20. The van der Waals surface area contributed by atoms with Crippen molar-refractivity contribution >= 4 is 23.1 Å². The van der Waals surface area contributed by atoms with Crippen LogP contribution in [0.15, 0.2) is 17.2 Å². The summed E-state index contributed by atoms with van der Waals surface area (Å²) in [6.07, 6.45) is 0. The van der Waals surface area contributed by atoms with Crippen LogP contribution in [0.4, 0.5) is 5.69 Å². The third-order valence-corrected chi connectivity index (χ3v) is 2.32. The lowest BCUT2D eigenvalue weighted by Crippen LogP contribution is -2.07. The van der Waals surface area contributed by atoms with E-state index in [1.807, 2.05) is 0 Å².